The van der Waals surface area contributed by atoms with E-state index in [-0.39, 0.29) is 28.1 Å². The number of rotatable bonds is 7. The van der Waals surface area contributed by atoms with Crippen molar-refractivity contribution >= 4 is 17.8 Å². The van der Waals surface area contributed by atoms with Crippen LogP contribution in [0.2, 0.25) is 0 Å². The number of anilines is 1. The Kier molecular flexibility index (Phi) is 8.38. The number of allylic oxidation sites excluding steroid dienone is 2. The summed E-state index contributed by atoms with van der Waals surface area (Å²) < 4.78 is 5.15. The van der Waals surface area contributed by atoms with E-state index in [0.717, 1.165) is 18.2 Å². The SMILES string of the molecule is COc1ccc(/C(O)=N/N=C/C=C2\N(CCC3CCCC3)c3ccccc3C2(C)C)cc1.[Co]. The summed E-state index contributed by atoms with van der Waals surface area (Å²) in [6, 6.07) is 15.8. The third kappa shape index (κ3) is 5.50. The molecule has 1 radical (unpaired) electrons. The van der Waals surface area contributed by atoms with Gasteiger partial charge in [0.25, 0.3) is 0 Å². The summed E-state index contributed by atoms with van der Waals surface area (Å²) in [6.07, 6.45) is 10.4. The van der Waals surface area contributed by atoms with Gasteiger partial charge in [0.15, 0.2) is 0 Å². The van der Waals surface area contributed by atoms with Gasteiger partial charge in [-0.05, 0) is 54.3 Å². The Hall–Kier alpha value is -2.57. The minimum atomic E-state index is -0.116. The molecule has 1 heterocycles. The number of hydrogen-bond acceptors (Lipinski definition) is 4. The third-order valence-corrected chi connectivity index (χ3v) is 6.83. The first-order valence-corrected chi connectivity index (χ1v) is 11.5. The van der Waals surface area contributed by atoms with Gasteiger partial charge in [0.2, 0.25) is 5.90 Å². The fourth-order valence-electron chi connectivity index (χ4n) is 4.98. The Morgan fingerprint density at radius 1 is 1.12 bits per heavy atom. The Morgan fingerprint density at radius 3 is 2.52 bits per heavy atom. The molecule has 1 aliphatic heterocycles. The number of methoxy groups -OCH3 is 1. The van der Waals surface area contributed by atoms with Crippen LogP contribution in [0.25, 0.3) is 0 Å². The molecule has 1 N–H and O–H groups in total. The van der Waals surface area contributed by atoms with Crippen LogP contribution in [0.1, 0.15) is 57.1 Å². The van der Waals surface area contributed by atoms with E-state index in [1.165, 1.54) is 49.1 Å². The monoisotopic (exact) mass is 490 g/mol. The molecule has 0 aromatic heterocycles. The van der Waals surface area contributed by atoms with Crippen molar-refractivity contribution < 1.29 is 26.6 Å². The topological polar surface area (TPSA) is 57.4 Å². The molecule has 4 rings (SSSR count). The summed E-state index contributed by atoms with van der Waals surface area (Å²) in [4.78, 5) is 2.45. The molecule has 1 fully saturated rings. The molecular formula is C27H33CoN3O2. The number of benzene rings is 2. The molecule has 1 saturated carbocycles. The van der Waals surface area contributed by atoms with Crippen LogP contribution in [-0.4, -0.2) is 30.9 Å². The fraction of sp³-hybridized carbons (Fsp3) is 0.407. The van der Waals surface area contributed by atoms with Crippen molar-refractivity contribution in [2.24, 2.45) is 16.1 Å². The summed E-state index contributed by atoms with van der Waals surface area (Å²) in [5, 5.41) is 18.4. The van der Waals surface area contributed by atoms with E-state index in [2.05, 4.69) is 53.2 Å². The Balaban J connectivity index is 0.00000306. The maximum atomic E-state index is 10.2. The zero-order valence-electron chi connectivity index (χ0n) is 19.6. The van der Waals surface area contributed by atoms with E-state index >= 15 is 0 Å². The molecule has 0 unspecified atom stereocenters. The predicted octanol–water partition coefficient (Wildman–Crippen LogP) is 6.25. The Bertz CT molecular complexity index is 1020. The van der Waals surface area contributed by atoms with Crippen LogP contribution in [0, 0.1) is 5.92 Å². The summed E-state index contributed by atoms with van der Waals surface area (Å²) in [5.41, 5.74) is 4.34. The number of nitrogens with zero attached hydrogens (tertiary/aromatic N) is 3. The molecule has 0 spiro atoms. The number of ether oxygens (including phenoxy) is 1. The predicted molar refractivity (Wildman–Crippen MR) is 132 cm³/mol. The quantitative estimate of drug-likeness (QED) is 0.284. The number of aliphatic hydroxyl groups is 1. The largest absolute Gasteiger partial charge is 0.497 e. The van der Waals surface area contributed by atoms with E-state index in [1.807, 2.05) is 6.08 Å². The Morgan fingerprint density at radius 2 is 1.82 bits per heavy atom. The molecule has 177 valence electrons. The second-order valence-electron chi connectivity index (χ2n) is 9.20. The minimum absolute atomic E-state index is 0. The van der Waals surface area contributed by atoms with E-state index in [1.54, 1.807) is 37.6 Å². The van der Waals surface area contributed by atoms with Crippen LogP contribution < -0.4 is 9.64 Å². The summed E-state index contributed by atoms with van der Waals surface area (Å²) in [5.74, 6) is 1.46. The number of para-hydroxylation sites is 1. The van der Waals surface area contributed by atoms with Crippen LogP contribution >= 0.6 is 0 Å². The van der Waals surface area contributed by atoms with Crippen molar-refractivity contribution in [3.8, 4) is 5.75 Å². The molecule has 33 heavy (non-hydrogen) atoms. The van der Waals surface area contributed by atoms with Crippen LogP contribution in [0.5, 0.6) is 5.75 Å². The third-order valence-electron chi connectivity index (χ3n) is 6.83. The molecule has 1 aliphatic carbocycles. The second-order valence-corrected chi connectivity index (χ2v) is 9.20. The van der Waals surface area contributed by atoms with Gasteiger partial charge in [-0.2, -0.15) is 5.10 Å². The molecule has 0 amide bonds. The van der Waals surface area contributed by atoms with E-state index in [0.29, 0.717) is 5.56 Å². The van der Waals surface area contributed by atoms with Gasteiger partial charge >= 0.3 is 0 Å². The van der Waals surface area contributed by atoms with Gasteiger partial charge in [0, 0.05) is 45.7 Å². The van der Waals surface area contributed by atoms with E-state index in [9.17, 15) is 5.11 Å². The smallest absolute Gasteiger partial charge is 0.238 e. The standard InChI is InChI=1S/C27H33N3O2.Co/c1-27(2)23-10-6-7-11-24(23)30(19-17-20-8-4-5-9-20)25(27)16-18-28-29-26(31)21-12-14-22(32-3)15-13-21;/h6-7,10-16,18,20H,4-5,8-9,17,19H2,1-3H3,(H,29,31);/b25-16-,28-18+;. The zero-order valence-corrected chi connectivity index (χ0v) is 20.7. The number of fused-ring (bicyclic) bond motifs is 1. The normalized spacial score (nSPS) is 19.2. The van der Waals surface area contributed by atoms with Gasteiger partial charge < -0.3 is 14.7 Å². The molecule has 2 aromatic carbocycles. The first-order valence-electron chi connectivity index (χ1n) is 11.5. The molecule has 0 atom stereocenters. The van der Waals surface area contributed by atoms with Crippen molar-refractivity contribution in [1.29, 1.82) is 0 Å². The zero-order chi connectivity index (χ0) is 22.6. The van der Waals surface area contributed by atoms with Gasteiger partial charge in [-0.1, -0.05) is 57.7 Å². The average Bonchev–Trinajstić information content (AvgIpc) is 3.40. The summed E-state index contributed by atoms with van der Waals surface area (Å²) in [6.45, 7) is 5.55. The van der Waals surface area contributed by atoms with Crippen LogP contribution in [0.15, 0.2) is 70.5 Å². The maximum Gasteiger partial charge on any atom is 0.238 e. The van der Waals surface area contributed by atoms with Crippen molar-refractivity contribution in [2.45, 2.75) is 51.4 Å². The summed E-state index contributed by atoms with van der Waals surface area (Å²) in [7, 11) is 1.61. The second kappa shape index (κ2) is 11.0. The van der Waals surface area contributed by atoms with E-state index < -0.39 is 0 Å². The molecule has 2 aromatic rings. The van der Waals surface area contributed by atoms with Gasteiger partial charge in [-0.15, -0.1) is 5.10 Å². The average molecular weight is 491 g/mol. The number of hydrogen-bond donors (Lipinski definition) is 1. The van der Waals surface area contributed by atoms with Crippen molar-refractivity contribution in [2.75, 3.05) is 18.6 Å². The van der Waals surface area contributed by atoms with Gasteiger partial charge in [-0.25, -0.2) is 0 Å². The maximum absolute atomic E-state index is 10.2. The van der Waals surface area contributed by atoms with Crippen molar-refractivity contribution in [1.82, 2.24) is 0 Å². The van der Waals surface area contributed by atoms with Crippen molar-refractivity contribution in [3.63, 3.8) is 0 Å². The molecule has 0 saturated heterocycles. The van der Waals surface area contributed by atoms with Crippen LogP contribution in [0.4, 0.5) is 5.69 Å². The molecule has 5 nitrogen and oxygen atoms in total. The molecular weight excluding hydrogens is 457 g/mol. The molecule has 6 heteroatoms. The first kappa shape index (κ1) is 25.1. The number of aliphatic hydroxyl groups excluding tert-OH is 1. The summed E-state index contributed by atoms with van der Waals surface area (Å²) >= 11 is 0. The minimum Gasteiger partial charge on any atom is -0.497 e. The Labute approximate surface area is 207 Å². The fourth-order valence-corrected chi connectivity index (χ4v) is 4.98. The van der Waals surface area contributed by atoms with Crippen LogP contribution in [-0.2, 0) is 22.2 Å². The molecule has 0 bridgehead atoms. The molecule has 2 aliphatic rings. The van der Waals surface area contributed by atoms with Gasteiger partial charge in [0.05, 0.1) is 13.3 Å². The van der Waals surface area contributed by atoms with Crippen LogP contribution in [0.3, 0.4) is 0 Å². The van der Waals surface area contributed by atoms with Gasteiger partial charge in [-0.3, -0.25) is 0 Å². The first-order chi connectivity index (χ1) is 15.5. The van der Waals surface area contributed by atoms with Crippen molar-refractivity contribution in [3.05, 3.63) is 71.4 Å². The van der Waals surface area contributed by atoms with E-state index in [4.69, 9.17) is 4.74 Å². The van der Waals surface area contributed by atoms with Gasteiger partial charge in [0.1, 0.15) is 5.75 Å².